The van der Waals surface area contributed by atoms with Crippen LogP contribution in [0.4, 0.5) is 4.39 Å². The van der Waals surface area contributed by atoms with Gasteiger partial charge in [0.2, 0.25) is 0 Å². The maximum atomic E-state index is 9.50. The summed E-state index contributed by atoms with van der Waals surface area (Å²) in [5.74, 6) is 1.06. The topological polar surface area (TPSA) is 13.1 Å². The second-order valence-electron chi connectivity index (χ2n) is 2.80. The van der Waals surface area contributed by atoms with Gasteiger partial charge in [-0.2, -0.15) is 0 Å². The van der Waals surface area contributed by atoms with Gasteiger partial charge >= 0.3 is 0 Å². The van der Waals surface area contributed by atoms with Crippen molar-refractivity contribution in [2.45, 2.75) is 19.8 Å². The standard InChI is InChI=1S/C9H10O.CH3F/c1-7-2-3-8-4-5-10-9(8)6-7;1-2/h4-6H,2-3H2,1H3;1H3. The second-order valence-corrected chi connectivity index (χ2v) is 2.80. The molecule has 2 rings (SSSR count). The Morgan fingerprint density at radius 1 is 1.33 bits per heavy atom. The van der Waals surface area contributed by atoms with E-state index in [1.807, 2.05) is 0 Å². The molecule has 1 aliphatic carbocycles. The fourth-order valence-electron chi connectivity index (χ4n) is 1.31. The van der Waals surface area contributed by atoms with Crippen molar-refractivity contribution in [3.8, 4) is 0 Å². The molecule has 1 aliphatic rings. The number of hydrogen-bond acceptors (Lipinski definition) is 1. The van der Waals surface area contributed by atoms with Crippen LogP contribution >= 0.6 is 0 Å². The first-order valence-electron chi connectivity index (χ1n) is 3.97. The molecule has 0 saturated heterocycles. The largest absolute Gasteiger partial charge is 0.465 e. The zero-order chi connectivity index (χ0) is 8.97. The van der Waals surface area contributed by atoms with Crippen LogP contribution in [0.5, 0.6) is 0 Å². The molecule has 0 N–H and O–H groups in total. The van der Waals surface area contributed by atoms with Crippen molar-refractivity contribution in [3.05, 3.63) is 29.2 Å². The Hall–Kier alpha value is -1.05. The molecule has 0 aromatic carbocycles. The number of hydrogen-bond donors (Lipinski definition) is 0. The maximum absolute atomic E-state index is 9.50. The highest BCUT2D eigenvalue weighted by atomic mass is 19.1. The van der Waals surface area contributed by atoms with Gasteiger partial charge in [-0.25, -0.2) is 0 Å². The van der Waals surface area contributed by atoms with Crippen LogP contribution in [0.2, 0.25) is 0 Å². The van der Waals surface area contributed by atoms with Crippen LogP contribution in [-0.4, -0.2) is 7.18 Å². The van der Waals surface area contributed by atoms with Crippen molar-refractivity contribution in [2.24, 2.45) is 0 Å². The van der Waals surface area contributed by atoms with E-state index in [4.69, 9.17) is 4.42 Å². The molecule has 0 unspecified atom stereocenters. The first-order valence-corrected chi connectivity index (χ1v) is 3.97. The van der Waals surface area contributed by atoms with Gasteiger partial charge in [0, 0.05) is 0 Å². The molecule has 0 saturated carbocycles. The molecule has 12 heavy (non-hydrogen) atoms. The molecule has 2 heteroatoms. The average Bonchev–Trinajstić information content (AvgIpc) is 2.54. The zero-order valence-corrected chi connectivity index (χ0v) is 7.43. The molecule has 1 nitrogen and oxygen atoms in total. The number of allylic oxidation sites excluding steroid dienone is 1. The second kappa shape index (κ2) is 4.10. The lowest BCUT2D eigenvalue weighted by atomic mass is 9.99. The van der Waals surface area contributed by atoms with Crippen molar-refractivity contribution in [1.29, 1.82) is 0 Å². The van der Waals surface area contributed by atoms with E-state index in [1.165, 1.54) is 17.6 Å². The van der Waals surface area contributed by atoms with Crippen LogP contribution in [0, 0.1) is 0 Å². The normalized spacial score (nSPS) is 14.1. The van der Waals surface area contributed by atoms with Gasteiger partial charge in [0.1, 0.15) is 5.76 Å². The Morgan fingerprint density at radius 2 is 2.08 bits per heavy atom. The van der Waals surface area contributed by atoms with Crippen LogP contribution in [0.1, 0.15) is 24.7 Å². The lowest BCUT2D eigenvalue weighted by molar-refractivity contribution is 0.550. The summed E-state index contributed by atoms with van der Waals surface area (Å²) in [4.78, 5) is 0. The quantitative estimate of drug-likeness (QED) is 0.579. The fraction of sp³-hybridized carbons (Fsp3) is 0.400. The molecule has 0 spiro atoms. The summed E-state index contributed by atoms with van der Waals surface area (Å²) in [6.45, 7) is 2.14. The Balaban J connectivity index is 0.000000336. The molecule has 1 aromatic heterocycles. The van der Waals surface area contributed by atoms with Crippen LogP contribution in [-0.2, 0) is 6.42 Å². The van der Waals surface area contributed by atoms with Crippen molar-refractivity contribution in [1.82, 2.24) is 0 Å². The molecule has 0 aliphatic heterocycles. The highest BCUT2D eigenvalue weighted by Gasteiger charge is 2.08. The van der Waals surface area contributed by atoms with E-state index in [2.05, 4.69) is 19.1 Å². The van der Waals surface area contributed by atoms with Crippen molar-refractivity contribution < 1.29 is 8.81 Å². The van der Waals surface area contributed by atoms with E-state index < -0.39 is 0 Å². The summed E-state index contributed by atoms with van der Waals surface area (Å²) >= 11 is 0. The van der Waals surface area contributed by atoms with Crippen LogP contribution in [0.3, 0.4) is 0 Å². The van der Waals surface area contributed by atoms with Gasteiger partial charge in [-0.15, -0.1) is 0 Å². The first kappa shape index (κ1) is 9.04. The highest BCUT2D eigenvalue weighted by Crippen LogP contribution is 2.23. The minimum Gasteiger partial charge on any atom is -0.465 e. The van der Waals surface area contributed by atoms with Gasteiger partial charge in [0.05, 0.1) is 13.4 Å². The Labute approximate surface area is 71.9 Å². The Kier molecular flexibility index (Phi) is 3.09. The van der Waals surface area contributed by atoms with E-state index >= 15 is 0 Å². The molecule has 0 amide bonds. The predicted octanol–water partition coefficient (Wildman–Crippen LogP) is 3.21. The SMILES string of the molecule is CC1=Cc2occc2CC1.CF. The molecular weight excluding hydrogens is 155 g/mol. The van der Waals surface area contributed by atoms with E-state index in [1.54, 1.807) is 6.26 Å². The van der Waals surface area contributed by atoms with Crippen LogP contribution in [0.15, 0.2) is 22.3 Å². The molecule has 0 atom stereocenters. The minimum absolute atomic E-state index is 0.500. The number of furan rings is 1. The Bertz CT molecular complexity index is 273. The smallest absolute Gasteiger partial charge is 0.129 e. The van der Waals surface area contributed by atoms with Gasteiger partial charge in [-0.1, -0.05) is 5.57 Å². The fourth-order valence-corrected chi connectivity index (χ4v) is 1.31. The summed E-state index contributed by atoms with van der Waals surface area (Å²) in [6, 6.07) is 2.05. The minimum atomic E-state index is 0.500. The number of rotatable bonds is 0. The van der Waals surface area contributed by atoms with E-state index in [0.29, 0.717) is 7.18 Å². The number of halogens is 1. The van der Waals surface area contributed by atoms with Crippen LogP contribution < -0.4 is 0 Å². The lowest BCUT2D eigenvalue weighted by Gasteiger charge is -2.06. The monoisotopic (exact) mass is 168 g/mol. The van der Waals surface area contributed by atoms with Crippen molar-refractivity contribution in [3.63, 3.8) is 0 Å². The van der Waals surface area contributed by atoms with E-state index in [-0.39, 0.29) is 0 Å². The summed E-state index contributed by atoms with van der Waals surface area (Å²) < 4.78 is 14.7. The van der Waals surface area contributed by atoms with Gasteiger partial charge in [-0.05, 0) is 37.5 Å². The molecule has 1 aromatic rings. The Morgan fingerprint density at radius 3 is 2.83 bits per heavy atom. The predicted molar refractivity (Wildman–Crippen MR) is 47.7 cm³/mol. The lowest BCUT2D eigenvalue weighted by Crippen LogP contribution is -1.92. The van der Waals surface area contributed by atoms with E-state index in [0.717, 1.165) is 12.2 Å². The van der Waals surface area contributed by atoms with Gasteiger partial charge in [0.15, 0.2) is 0 Å². The summed E-state index contributed by atoms with van der Waals surface area (Å²) in [5.41, 5.74) is 2.77. The van der Waals surface area contributed by atoms with E-state index in [9.17, 15) is 4.39 Å². The number of fused-ring (bicyclic) bond motifs is 1. The molecule has 0 fully saturated rings. The molecule has 66 valence electrons. The van der Waals surface area contributed by atoms with Crippen molar-refractivity contribution in [2.75, 3.05) is 7.18 Å². The van der Waals surface area contributed by atoms with Gasteiger partial charge in [-0.3, -0.25) is 4.39 Å². The van der Waals surface area contributed by atoms with Crippen molar-refractivity contribution >= 4 is 6.08 Å². The number of alkyl halides is 1. The average molecular weight is 168 g/mol. The third-order valence-corrected chi connectivity index (χ3v) is 1.95. The summed E-state index contributed by atoms with van der Waals surface area (Å²) in [6.07, 6.45) is 6.22. The molecule has 0 bridgehead atoms. The third kappa shape index (κ3) is 1.76. The number of aryl methyl sites for hydroxylation is 1. The molecular formula is C10H13FO. The third-order valence-electron chi connectivity index (χ3n) is 1.95. The zero-order valence-electron chi connectivity index (χ0n) is 7.43. The highest BCUT2D eigenvalue weighted by molar-refractivity contribution is 5.53. The van der Waals surface area contributed by atoms with Gasteiger partial charge < -0.3 is 4.42 Å². The maximum Gasteiger partial charge on any atom is 0.129 e. The molecule has 1 heterocycles. The summed E-state index contributed by atoms with van der Waals surface area (Å²) in [7, 11) is 0.500. The molecule has 0 radical (unpaired) electrons. The first-order chi connectivity index (χ1) is 5.86. The van der Waals surface area contributed by atoms with Gasteiger partial charge in [0.25, 0.3) is 0 Å². The van der Waals surface area contributed by atoms with Crippen LogP contribution in [0.25, 0.3) is 6.08 Å². The summed E-state index contributed by atoms with van der Waals surface area (Å²) in [5, 5.41) is 0.